The Balaban J connectivity index is 1.51. The van der Waals surface area contributed by atoms with E-state index in [2.05, 4.69) is 6.92 Å². The molecule has 1 N–H and O–H groups in total. The first kappa shape index (κ1) is 24.3. The molecule has 3 rings (SSSR count). The lowest BCUT2D eigenvalue weighted by Crippen LogP contribution is -2.25. The van der Waals surface area contributed by atoms with Crippen LogP contribution in [0.4, 0.5) is 4.39 Å². The van der Waals surface area contributed by atoms with Crippen molar-refractivity contribution in [3.63, 3.8) is 0 Å². The van der Waals surface area contributed by atoms with E-state index < -0.39 is 11.6 Å². The summed E-state index contributed by atoms with van der Waals surface area (Å²) in [6, 6.07) is 3.42. The van der Waals surface area contributed by atoms with Crippen LogP contribution < -0.4 is 0 Å². The molecule has 2 saturated carbocycles. The Morgan fingerprint density at radius 2 is 1.52 bits per heavy atom. The van der Waals surface area contributed by atoms with E-state index in [1.54, 1.807) is 12.1 Å². The number of Topliss-reactive ketones (excluding diaryl/α,β-unsaturated/α-hetero) is 1. The van der Waals surface area contributed by atoms with Gasteiger partial charge in [-0.25, -0.2) is 4.39 Å². The van der Waals surface area contributed by atoms with Crippen molar-refractivity contribution in [3.05, 3.63) is 29.1 Å². The normalized spacial score (nSPS) is 26.7. The first-order valence-electron chi connectivity index (χ1n) is 13.1. The van der Waals surface area contributed by atoms with E-state index in [-0.39, 0.29) is 17.3 Å². The summed E-state index contributed by atoms with van der Waals surface area (Å²) in [7, 11) is 0. The molecule has 2 fully saturated rings. The number of phenolic OH excluding ortho intramolecular Hbond substituents is 1. The summed E-state index contributed by atoms with van der Waals surface area (Å²) in [6.45, 7) is 4.30. The summed E-state index contributed by atoms with van der Waals surface area (Å²) in [5.74, 6) is 1.64. The molecule has 2 aliphatic carbocycles. The van der Waals surface area contributed by atoms with Crippen LogP contribution in [0.2, 0.25) is 0 Å². The fraction of sp³-hybridized carbons (Fsp3) is 0.750. The van der Waals surface area contributed by atoms with E-state index in [9.17, 15) is 14.3 Å². The lowest BCUT2D eigenvalue weighted by atomic mass is 9.68. The molecule has 0 aromatic heterocycles. The largest absolute Gasteiger partial charge is 0.504 e. The van der Waals surface area contributed by atoms with Crippen LogP contribution in [0.1, 0.15) is 132 Å². The lowest BCUT2D eigenvalue weighted by Gasteiger charge is -2.38. The van der Waals surface area contributed by atoms with Gasteiger partial charge in [0.05, 0.1) is 5.56 Å². The van der Waals surface area contributed by atoms with Gasteiger partial charge in [0.2, 0.25) is 0 Å². The Morgan fingerprint density at radius 1 is 0.903 bits per heavy atom. The smallest absolute Gasteiger partial charge is 0.169 e. The Morgan fingerprint density at radius 3 is 2.13 bits per heavy atom. The highest BCUT2D eigenvalue weighted by atomic mass is 19.1. The van der Waals surface area contributed by atoms with Crippen molar-refractivity contribution in [2.24, 2.45) is 17.8 Å². The number of hydrogen-bond donors (Lipinski definition) is 1. The van der Waals surface area contributed by atoms with Gasteiger partial charge in [-0.3, -0.25) is 4.79 Å². The molecule has 174 valence electrons. The second-order valence-corrected chi connectivity index (χ2v) is 10.3. The van der Waals surface area contributed by atoms with E-state index in [1.165, 1.54) is 64.2 Å². The molecular formula is C28H43FO2. The standard InChI is InChI=1S/C28H43FO2/c1-3-5-7-8-20-10-12-21(13-11-20)22-14-16-23(17-15-22)24-18-19-25(28(31)27(24)29)26(30)9-6-4-2/h18-23,31H,3-17H2,1-2H3. The van der Waals surface area contributed by atoms with Crippen LogP contribution in [-0.2, 0) is 0 Å². The van der Waals surface area contributed by atoms with Crippen LogP contribution in [0.15, 0.2) is 12.1 Å². The van der Waals surface area contributed by atoms with Crippen LogP contribution in [0, 0.1) is 23.6 Å². The number of carbonyl (C=O) groups excluding carboxylic acids is 1. The lowest BCUT2D eigenvalue weighted by molar-refractivity contribution is 0.0976. The molecule has 31 heavy (non-hydrogen) atoms. The third-order valence-electron chi connectivity index (χ3n) is 8.19. The van der Waals surface area contributed by atoms with E-state index in [1.807, 2.05) is 6.92 Å². The van der Waals surface area contributed by atoms with Crippen LogP contribution >= 0.6 is 0 Å². The Kier molecular flexibility index (Phi) is 9.41. The molecule has 0 radical (unpaired) electrons. The molecule has 2 nitrogen and oxygen atoms in total. The maximum Gasteiger partial charge on any atom is 0.169 e. The maximum absolute atomic E-state index is 14.9. The fourth-order valence-electron chi connectivity index (χ4n) is 6.13. The number of unbranched alkanes of at least 4 members (excludes halogenated alkanes) is 3. The molecule has 0 unspecified atom stereocenters. The highest BCUT2D eigenvalue weighted by molar-refractivity contribution is 5.98. The average Bonchev–Trinajstić information content (AvgIpc) is 2.80. The molecule has 1 aromatic rings. The van der Waals surface area contributed by atoms with Gasteiger partial charge in [-0.05, 0) is 80.2 Å². The van der Waals surface area contributed by atoms with Crippen molar-refractivity contribution >= 4 is 5.78 Å². The van der Waals surface area contributed by atoms with Crippen molar-refractivity contribution in [2.45, 2.75) is 116 Å². The topological polar surface area (TPSA) is 37.3 Å². The number of ketones is 1. The predicted molar refractivity (Wildman–Crippen MR) is 126 cm³/mol. The highest BCUT2D eigenvalue weighted by Gasteiger charge is 2.32. The monoisotopic (exact) mass is 430 g/mol. The molecule has 0 bridgehead atoms. The van der Waals surface area contributed by atoms with Gasteiger partial charge in [-0.2, -0.15) is 0 Å². The molecule has 0 atom stereocenters. The minimum atomic E-state index is -0.557. The molecular weight excluding hydrogens is 387 g/mol. The second-order valence-electron chi connectivity index (χ2n) is 10.3. The Bertz CT molecular complexity index is 697. The number of hydrogen-bond acceptors (Lipinski definition) is 2. The van der Waals surface area contributed by atoms with E-state index in [0.29, 0.717) is 12.0 Å². The van der Waals surface area contributed by atoms with Gasteiger partial charge in [0, 0.05) is 6.42 Å². The van der Waals surface area contributed by atoms with Gasteiger partial charge in [0.15, 0.2) is 17.3 Å². The zero-order chi connectivity index (χ0) is 22.2. The van der Waals surface area contributed by atoms with Gasteiger partial charge >= 0.3 is 0 Å². The van der Waals surface area contributed by atoms with Gasteiger partial charge in [0.25, 0.3) is 0 Å². The summed E-state index contributed by atoms with van der Waals surface area (Å²) >= 11 is 0. The summed E-state index contributed by atoms with van der Waals surface area (Å²) in [6.07, 6.45) is 17.5. The number of benzene rings is 1. The minimum absolute atomic E-state index is 0.152. The number of carbonyl (C=O) groups is 1. The molecule has 3 heteroatoms. The van der Waals surface area contributed by atoms with Gasteiger partial charge < -0.3 is 5.11 Å². The van der Waals surface area contributed by atoms with Crippen molar-refractivity contribution < 1.29 is 14.3 Å². The molecule has 0 amide bonds. The third-order valence-corrected chi connectivity index (χ3v) is 8.19. The van der Waals surface area contributed by atoms with Crippen molar-refractivity contribution in [1.82, 2.24) is 0 Å². The van der Waals surface area contributed by atoms with Crippen LogP contribution in [0.25, 0.3) is 0 Å². The predicted octanol–water partition coefficient (Wildman–Crippen LogP) is 8.56. The Hall–Kier alpha value is -1.38. The highest BCUT2D eigenvalue weighted by Crippen LogP contribution is 2.45. The van der Waals surface area contributed by atoms with Crippen molar-refractivity contribution in [3.8, 4) is 5.75 Å². The minimum Gasteiger partial charge on any atom is -0.504 e. The number of rotatable bonds is 10. The van der Waals surface area contributed by atoms with Gasteiger partial charge in [-0.1, -0.05) is 64.9 Å². The average molecular weight is 431 g/mol. The first-order chi connectivity index (χ1) is 15.0. The Labute approximate surface area is 189 Å². The van der Waals surface area contributed by atoms with E-state index in [4.69, 9.17) is 0 Å². The summed E-state index contributed by atoms with van der Waals surface area (Å²) in [4.78, 5) is 12.3. The maximum atomic E-state index is 14.9. The fourth-order valence-corrected chi connectivity index (χ4v) is 6.13. The van der Waals surface area contributed by atoms with Gasteiger partial charge in [-0.15, -0.1) is 0 Å². The van der Waals surface area contributed by atoms with E-state index >= 15 is 0 Å². The molecule has 0 heterocycles. The summed E-state index contributed by atoms with van der Waals surface area (Å²) < 4.78 is 14.9. The molecule has 0 spiro atoms. The zero-order valence-corrected chi connectivity index (χ0v) is 19.8. The molecule has 1 aromatic carbocycles. The van der Waals surface area contributed by atoms with Crippen LogP contribution in [0.5, 0.6) is 5.75 Å². The van der Waals surface area contributed by atoms with Crippen molar-refractivity contribution in [2.75, 3.05) is 0 Å². The molecule has 2 aliphatic rings. The van der Waals surface area contributed by atoms with Crippen LogP contribution in [-0.4, -0.2) is 10.9 Å². The van der Waals surface area contributed by atoms with Gasteiger partial charge in [0.1, 0.15) is 0 Å². The van der Waals surface area contributed by atoms with E-state index in [0.717, 1.165) is 43.4 Å². The number of phenols is 1. The van der Waals surface area contributed by atoms with Crippen molar-refractivity contribution in [1.29, 1.82) is 0 Å². The summed E-state index contributed by atoms with van der Waals surface area (Å²) in [5.41, 5.74) is 0.765. The van der Waals surface area contributed by atoms with Crippen LogP contribution in [0.3, 0.4) is 0 Å². The number of halogens is 1. The first-order valence-corrected chi connectivity index (χ1v) is 13.1. The third kappa shape index (κ3) is 6.33. The molecule has 0 aliphatic heterocycles. The quantitative estimate of drug-likeness (QED) is 0.298. The molecule has 0 saturated heterocycles. The summed E-state index contributed by atoms with van der Waals surface area (Å²) in [5, 5.41) is 10.3. The zero-order valence-electron chi connectivity index (χ0n) is 19.8. The second kappa shape index (κ2) is 12.0. The number of aromatic hydroxyl groups is 1. The SMILES string of the molecule is CCCCCC1CCC(C2CCC(c3ccc(C(=O)CCCC)c(O)c3F)CC2)CC1.